The number of thioether (sulfide) groups is 1. The maximum atomic E-state index is 12.4. The Labute approximate surface area is 138 Å². The first-order valence-electron chi connectivity index (χ1n) is 7.00. The van der Waals surface area contributed by atoms with Crippen LogP contribution in [-0.4, -0.2) is 33.0 Å². The molecule has 7 heteroatoms. The molecule has 2 N–H and O–H groups in total. The van der Waals surface area contributed by atoms with Gasteiger partial charge >= 0.3 is 5.97 Å². The van der Waals surface area contributed by atoms with Crippen molar-refractivity contribution in [3.05, 3.63) is 41.7 Å². The largest absolute Gasteiger partial charge is 0.479 e. The molecule has 1 amide bonds. The molecule has 0 aliphatic heterocycles. The summed E-state index contributed by atoms with van der Waals surface area (Å²) in [5.74, 6) is -1.24. The number of aromatic nitrogens is 2. The predicted molar refractivity (Wildman–Crippen MR) is 90.1 cm³/mol. The lowest BCUT2D eigenvalue weighted by atomic mass is 10.1. The lowest BCUT2D eigenvalue weighted by Crippen LogP contribution is -2.35. The van der Waals surface area contributed by atoms with Crippen LogP contribution in [0.5, 0.6) is 0 Å². The number of rotatable bonds is 5. The molecule has 0 atom stereocenters. The first-order chi connectivity index (χ1) is 10.8. The summed E-state index contributed by atoms with van der Waals surface area (Å²) >= 11 is 1.56. The highest BCUT2D eigenvalue weighted by Gasteiger charge is 2.30. The quantitative estimate of drug-likeness (QED) is 0.822. The Bertz CT molecular complexity index is 753. The van der Waals surface area contributed by atoms with Crippen molar-refractivity contribution in [3.8, 4) is 0 Å². The topological polar surface area (TPSA) is 84.2 Å². The Morgan fingerprint density at radius 3 is 2.65 bits per heavy atom. The maximum absolute atomic E-state index is 12.4. The van der Waals surface area contributed by atoms with Gasteiger partial charge in [-0.15, -0.1) is 11.8 Å². The lowest BCUT2D eigenvalue weighted by Gasteiger charge is -2.19. The number of aliphatic carboxylic acids is 1. The van der Waals surface area contributed by atoms with Gasteiger partial charge in [-0.25, -0.2) is 4.79 Å². The van der Waals surface area contributed by atoms with Gasteiger partial charge in [-0.2, -0.15) is 5.10 Å². The minimum atomic E-state index is -1.18. The summed E-state index contributed by atoms with van der Waals surface area (Å²) in [7, 11) is 0. The minimum absolute atomic E-state index is 0.244. The van der Waals surface area contributed by atoms with Crippen molar-refractivity contribution in [1.29, 1.82) is 0 Å². The van der Waals surface area contributed by atoms with E-state index in [-0.39, 0.29) is 5.91 Å². The molecular weight excluding hydrogens is 314 g/mol. The van der Waals surface area contributed by atoms with Gasteiger partial charge in [-0.1, -0.05) is 6.07 Å². The number of aryl methyl sites for hydroxylation is 1. The van der Waals surface area contributed by atoms with Crippen LogP contribution in [0.3, 0.4) is 0 Å². The Hall–Kier alpha value is -2.28. The van der Waals surface area contributed by atoms with E-state index >= 15 is 0 Å². The van der Waals surface area contributed by atoms with Crippen LogP contribution in [-0.2, 0) is 10.3 Å². The summed E-state index contributed by atoms with van der Waals surface area (Å²) in [6.45, 7) is 4.95. The van der Waals surface area contributed by atoms with Gasteiger partial charge in [-0.05, 0) is 44.7 Å². The summed E-state index contributed by atoms with van der Waals surface area (Å²) in [5.41, 5.74) is 0.733. The Kier molecular flexibility index (Phi) is 4.79. The summed E-state index contributed by atoms with van der Waals surface area (Å²) in [6, 6.07) is 5.70. The highest BCUT2D eigenvalue weighted by molar-refractivity contribution is 7.98. The second-order valence-electron chi connectivity index (χ2n) is 5.67. The highest BCUT2D eigenvalue weighted by Crippen LogP contribution is 2.21. The number of carbonyl (C=O) groups is 2. The summed E-state index contributed by atoms with van der Waals surface area (Å²) in [4.78, 5) is 24.7. The van der Waals surface area contributed by atoms with E-state index in [1.165, 1.54) is 17.1 Å². The van der Waals surface area contributed by atoms with Crippen LogP contribution in [0, 0.1) is 6.92 Å². The van der Waals surface area contributed by atoms with Crippen LogP contribution in [0.2, 0.25) is 0 Å². The minimum Gasteiger partial charge on any atom is -0.479 e. The zero-order valence-corrected chi connectivity index (χ0v) is 14.3. The number of nitrogens with zero attached hydrogens (tertiary/aromatic N) is 2. The number of nitrogens with one attached hydrogen (secondary N) is 1. The van der Waals surface area contributed by atoms with Gasteiger partial charge in [0.2, 0.25) is 0 Å². The molecule has 2 aromatic rings. The van der Waals surface area contributed by atoms with Crippen LogP contribution >= 0.6 is 11.8 Å². The Morgan fingerprint density at radius 2 is 2.04 bits per heavy atom. The first kappa shape index (κ1) is 17.1. The molecular formula is C16H19N3O3S. The Balaban J connectivity index is 2.22. The fourth-order valence-electron chi connectivity index (χ4n) is 1.96. The van der Waals surface area contributed by atoms with Crippen molar-refractivity contribution in [1.82, 2.24) is 9.78 Å². The number of carbonyl (C=O) groups excluding carboxylic acids is 1. The molecule has 0 saturated carbocycles. The number of hydrogen-bond acceptors (Lipinski definition) is 4. The second-order valence-corrected chi connectivity index (χ2v) is 6.55. The second kappa shape index (κ2) is 6.45. The van der Waals surface area contributed by atoms with Gasteiger partial charge in [0, 0.05) is 16.7 Å². The van der Waals surface area contributed by atoms with Crippen LogP contribution in [0.4, 0.5) is 5.69 Å². The van der Waals surface area contributed by atoms with E-state index in [2.05, 4.69) is 10.4 Å². The normalized spacial score (nSPS) is 11.3. The molecule has 0 bridgehead atoms. The van der Waals surface area contributed by atoms with Crippen LogP contribution in [0.1, 0.15) is 29.8 Å². The van der Waals surface area contributed by atoms with Crippen molar-refractivity contribution in [2.45, 2.75) is 31.2 Å². The number of carboxylic acid groups (broad SMARTS) is 1. The van der Waals surface area contributed by atoms with E-state index in [9.17, 15) is 14.7 Å². The van der Waals surface area contributed by atoms with Gasteiger partial charge in [0.15, 0.2) is 5.54 Å². The Morgan fingerprint density at radius 1 is 1.35 bits per heavy atom. The van der Waals surface area contributed by atoms with E-state index in [1.807, 2.05) is 31.4 Å². The zero-order chi connectivity index (χ0) is 17.2. The fraction of sp³-hybridized carbons (Fsp3) is 0.312. The van der Waals surface area contributed by atoms with Crippen molar-refractivity contribution >= 4 is 29.3 Å². The van der Waals surface area contributed by atoms with E-state index in [0.717, 1.165) is 10.5 Å². The average Bonchev–Trinajstić information content (AvgIpc) is 2.96. The summed E-state index contributed by atoms with van der Waals surface area (Å²) in [6.07, 6.45) is 4.90. The van der Waals surface area contributed by atoms with Crippen LogP contribution in [0.25, 0.3) is 0 Å². The summed E-state index contributed by atoms with van der Waals surface area (Å²) in [5, 5.41) is 16.0. The van der Waals surface area contributed by atoms with E-state index in [1.54, 1.807) is 25.6 Å². The van der Waals surface area contributed by atoms with Gasteiger partial charge in [0.05, 0.1) is 11.9 Å². The number of amides is 1. The van der Waals surface area contributed by atoms with Gasteiger partial charge in [0.25, 0.3) is 5.91 Å². The van der Waals surface area contributed by atoms with Gasteiger partial charge in [-0.3, -0.25) is 9.48 Å². The van der Waals surface area contributed by atoms with E-state index in [4.69, 9.17) is 0 Å². The molecule has 1 heterocycles. The van der Waals surface area contributed by atoms with E-state index < -0.39 is 11.5 Å². The molecule has 2 rings (SSSR count). The number of anilines is 1. The number of carboxylic acids is 1. The molecule has 0 aliphatic rings. The predicted octanol–water partition coefficient (Wildman–Crippen LogP) is 2.99. The number of hydrogen-bond donors (Lipinski definition) is 2. The molecule has 0 aliphatic carbocycles. The van der Waals surface area contributed by atoms with Crippen molar-refractivity contribution in [2.24, 2.45) is 0 Å². The molecule has 0 unspecified atom stereocenters. The molecule has 1 aromatic heterocycles. The molecule has 122 valence electrons. The van der Waals surface area contributed by atoms with Crippen LogP contribution in [0.15, 0.2) is 35.5 Å². The lowest BCUT2D eigenvalue weighted by molar-refractivity contribution is -0.146. The third-order valence-corrected chi connectivity index (χ3v) is 4.35. The summed E-state index contributed by atoms with van der Waals surface area (Å²) < 4.78 is 1.32. The smallest absolute Gasteiger partial charge is 0.331 e. The molecule has 23 heavy (non-hydrogen) atoms. The van der Waals surface area contributed by atoms with E-state index in [0.29, 0.717) is 11.3 Å². The van der Waals surface area contributed by atoms with Crippen molar-refractivity contribution in [3.63, 3.8) is 0 Å². The standard InChI is InChI=1S/C16H19N3O3S/c1-10-5-6-12(23-4)7-13(10)14(20)18-11-8-17-19(9-11)16(2,3)15(21)22/h5-9H,1-4H3,(H,18,20)(H,21,22). The maximum Gasteiger partial charge on any atom is 0.331 e. The molecule has 0 saturated heterocycles. The highest BCUT2D eigenvalue weighted by atomic mass is 32.2. The third-order valence-electron chi connectivity index (χ3n) is 3.63. The van der Waals surface area contributed by atoms with Crippen molar-refractivity contribution in [2.75, 3.05) is 11.6 Å². The number of benzene rings is 1. The first-order valence-corrected chi connectivity index (χ1v) is 8.22. The molecule has 0 radical (unpaired) electrons. The molecule has 1 aromatic carbocycles. The van der Waals surface area contributed by atoms with Crippen molar-refractivity contribution < 1.29 is 14.7 Å². The molecule has 0 spiro atoms. The van der Waals surface area contributed by atoms with Crippen LogP contribution < -0.4 is 5.32 Å². The monoisotopic (exact) mass is 333 g/mol. The van der Waals surface area contributed by atoms with Gasteiger partial charge in [0.1, 0.15) is 0 Å². The molecule has 6 nitrogen and oxygen atoms in total. The fourth-order valence-corrected chi connectivity index (χ4v) is 2.40. The zero-order valence-electron chi connectivity index (χ0n) is 13.5. The average molecular weight is 333 g/mol. The molecule has 0 fully saturated rings. The SMILES string of the molecule is CSc1ccc(C)c(C(=O)Nc2cnn(C(C)(C)C(=O)O)c2)c1. The third kappa shape index (κ3) is 3.56. The van der Waals surface area contributed by atoms with Gasteiger partial charge < -0.3 is 10.4 Å².